The minimum Gasteiger partial charge on any atom is -0.370 e. The number of hydrogen-bond donors (Lipinski definition) is 2. The quantitative estimate of drug-likeness (QED) is 0.651. The Labute approximate surface area is 72.9 Å². The summed E-state index contributed by atoms with van der Waals surface area (Å²) < 4.78 is 0. The Morgan fingerprint density at radius 1 is 1.73 bits per heavy atom. The Morgan fingerprint density at radius 2 is 2.18 bits per heavy atom. The molecule has 4 heteroatoms. The summed E-state index contributed by atoms with van der Waals surface area (Å²) in [6, 6.07) is 0.328. The first kappa shape index (κ1) is 10.7. The van der Waals surface area contributed by atoms with Crippen molar-refractivity contribution in [1.82, 2.24) is 0 Å². The van der Waals surface area contributed by atoms with Crippen LogP contribution in [-0.4, -0.2) is 11.9 Å². The van der Waals surface area contributed by atoms with Crippen LogP contribution in [0.15, 0.2) is 0 Å². The third kappa shape index (κ3) is 3.08. The van der Waals surface area contributed by atoms with Crippen molar-refractivity contribution in [3.8, 4) is 0 Å². The zero-order chi connectivity index (χ0) is 7.72. The molecule has 66 valence electrons. The van der Waals surface area contributed by atoms with Crippen molar-refractivity contribution in [2.45, 2.75) is 25.8 Å². The molecular weight excluding hydrogens is 164 g/mol. The van der Waals surface area contributed by atoms with E-state index in [1.54, 1.807) is 0 Å². The van der Waals surface area contributed by atoms with E-state index in [0.29, 0.717) is 24.3 Å². The lowest BCUT2D eigenvalue weighted by Crippen LogP contribution is -2.17. The van der Waals surface area contributed by atoms with Gasteiger partial charge in [0.25, 0.3) is 0 Å². The standard InChI is InChI=1S/C7H14N2O.ClH/c1-4(2-7(9)10)5-3-6(5)8;/h4-6H,2-3,8H2,1H3,(H2,9,10);1H/t4-,5?,6?;/m0./s1. The molecule has 0 saturated heterocycles. The lowest BCUT2D eigenvalue weighted by Gasteiger charge is -2.05. The highest BCUT2D eigenvalue weighted by Gasteiger charge is 2.38. The van der Waals surface area contributed by atoms with Crippen LogP contribution in [0.25, 0.3) is 0 Å². The molecule has 2 unspecified atom stereocenters. The maximum atomic E-state index is 10.4. The van der Waals surface area contributed by atoms with Crippen LogP contribution in [0.5, 0.6) is 0 Å². The summed E-state index contributed by atoms with van der Waals surface area (Å²) in [5, 5.41) is 0. The van der Waals surface area contributed by atoms with Crippen LogP contribution in [0.4, 0.5) is 0 Å². The van der Waals surface area contributed by atoms with Crippen LogP contribution in [0.1, 0.15) is 19.8 Å². The van der Waals surface area contributed by atoms with Gasteiger partial charge in [0, 0.05) is 12.5 Å². The summed E-state index contributed by atoms with van der Waals surface area (Å²) in [4.78, 5) is 10.4. The molecule has 1 saturated carbocycles. The molecule has 0 aromatic heterocycles. The second-order valence-electron chi connectivity index (χ2n) is 3.21. The molecule has 1 aliphatic carbocycles. The van der Waals surface area contributed by atoms with Crippen molar-refractivity contribution in [2.75, 3.05) is 0 Å². The normalized spacial score (nSPS) is 30.4. The van der Waals surface area contributed by atoms with Gasteiger partial charge in [-0.05, 0) is 18.3 Å². The van der Waals surface area contributed by atoms with Crippen LogP contribution >= 0.6 is 12.4 Å². The van der Waals surface area contributed by atoms with E-state index in [1.165, 1.54) is 0 Å². The van der Waals surface area contributed by atoms with Crippen LogP contribution in [0, 0.1) is 11.8 Å². The van der Waals surface area contributed by atoms with Gasteiger partial charge in [0.05, 0.1) is 0 Å². The topological polar surface area (TPSA) is 69.1 Å². The number of hydrogen-bond acceptors (Lipinski definition) is 2. The average Bonchev–Trinajstić information content (AvgIpc) is 2.44. The lowest BCUT2D eigenvalue weighted by atomic mass is 10.0. The minimum absolute atomic E-state index is 0. The highest BCUT2D eigenvalue weighted by molar-refractivity contribution is 5.85. The number of carbonyl (C=O) groups is 1. The van der Waals surface area contributed by atoms with Gasteiger partial charge in [0.1, 0.15) is 0 Å². The maximum absolute atomic E-state index is 10.4. The van der Waals surface area contributed by atoms with Crippen molar-refractivity contribution in [3.05, 3.63) is 0 Å². The average molecular weight is 179 g/mol. The summed E-state index contributed by atoms with van der Waals surface area (Å²) in [5.41, 5.74) is 10.6. The van der Waals surface area contributed by atoms with Gasteiger partial charge in [-0.15, -0.1) is 12.4 Å². The van der Waals surface area contributed by atoms with Gasteiger partial charge in [-0.25, -0.2) is 0 Å². The number of primary amides is 1. The van der Waals surface area contributed by atoms with Gasteiger partial charge >= 0.3 is 0 Å². The van der Waals surface area contributed by atoms with Crippen LogP contribution in [-0.2, 0) is 4.79 Å². The monoisotopic (exact) mass is 178 g/mol. The summed E-state index contributed by atoms with van der Waals surface area (Å²) in [6.45, 7) is 2.03. The zero-order valence-corrected chi connectivity index (χ0v) is 7.43. The number of rotatable bonds is 3. The van der Waals surface area contributed by atoms with E-state index in [4.69, 9.17) is 11.5 Å². The molecule has 1 rings (SSSR count). The first-order valence-electron chi connectivity index (χ1n) is 3.65. The molecule has 1 fully saturated rings. The van der Waals surface area contributed by atoms with Crippen LogP contribution < -0.4 is 11.5 Å². The Balaban J connectivity index is 0.000001000. The van der Waals surface area contributed by atoms with Crippen molar-refractivity contribution in [2.24, 2.45) is 23.3 Å². The predicted molar refractivity (Wildman–Crippen MR) is 46.3 cm³/mol. The summed E-state index contributed by atoms with van der Waals surface area (Å²) >= 11 is 0. The molecule has 3 nitrogen and oxygen atoms in total. The number of amides is 1. The summed E-state index contributed by atoms with van der Waals surface area (Å²) in [6.07, 6.45) is 1.55. The largest absolute Gasteiger partial charge is 0.370 e. The molecule has 0 heterocycles. The van der Waals surface area contributed by atoms with Gasteiger partial charge in [0.15, 0.2) is 0 Å². The fourth-order valence-corrected chi connectivity index (χ4v) is 1.36. The maximum Gasteiger partial charge on any atom is 0.217 e. The minimum atomic E-state index is -0.216. The molecule has 0 aliphatic heterocycles. The van der Waals surface area contributed by atoms with Gasteiger partial charge < -0.3 is 11.5 Å². The summed E-state index contributed by atoms with van der Waals surface area (Å²) in [5.74, 6) is 0.714. The number of halogens is 1. The molecule has 0 spiro atoms. The number of nitrogens with two attached hydrogens (primary N) is 2. The number of carbonyl (C=O) groups excluding carboxylic acids is 1. The molecule has 1 amide bonds. The van der Waals surface area contributed by atoms with E-state index < -0.39 is 0 Å². The smallest absolute Gasteiger partial charge is 0.217 e. The first-order valence-corrected chi connectivity index (χ1v) is 3.65. The first-order chi connectivity index (χ1) is 4.61. The molecule has 11 heavy (non-hydrogen) atoms. The van der Waals surface area contributed by atoms with E-state index in [1.807, 2.05) is 6.92 Å². The third-order valence-corrected chi connectivity index (χ3v) is 2.15. The zero-order valence-electron chi connectivity index (χ0n) is 6.62. The second kappa shape index (κ2) is 3.93. The Bertz CT molecular complexity index is 151. The fraction of sp³-hybridized carbons (Fsp3) is 0.857. The van der Waals surface area contributed by atoms with Crippen molar-refractivity contribution in [1.29, 1.82) is 0 Å². The van der Waals surface area contributed by atoms with Crippen LogP contribution in [0.2, 0.25) is 0 Å². The SMILES string of the molecule is C[C@@H](CC(N)=O)C1CC1N.Cl. The van der Waals surface area contributed by atoms with Crippen molar-refractivity contribution >= 4 is 18.3 Å². The third-order valence-electron chi connectivity index (χ3n) is 2.15. The molecule has 4 N–H and O–H groups in total. The molecule has 3 atom stereocenters. The molecule has 0 bridgehead atoms. The molecular formula is C7H15ClN2O. The summed E-state index contributed by atoms with van der Waals surface area (Å²) in [7, 11) is 0. The van der Waals surface area contributed by atoms with Crippen molar-refractivity contribution < 1.29 is 4.79 Å². The van der Waals surface area contributed by atoms with Gasteiger partial charge in [-0.3, -0.25) is 4.79 Å². The van der Waals surface area contributed by atoms with Crippen LogP contribution in [0.3, 0.4) is 0 Å². The predicted octanol–water partition coefficient (Wildman–Crippen LogP) is 0.267. The molecule has 1 aliphatic rings. The molecule has 0 aromatic rings. The second-order valence-corrected chi connectivity index (χ2v) is 3.21. The highest BCUT2D eigenvalue weighted by atomic mass is 35.5. The fourth-order valence-electron chi connectivity index (χ4n) is 1.36. The van der Waals surface area contributed by atoms with Gasteiger partial charge in [-0.2, -0.15) is 0 Å². The van der Waals surface area contributed by atoms with E-state index in [2.05, 4.69) is 0 Å². The Kier molecular flexibility index (Phi) is 3.83. The van der Waals surface area contributed by atoms with Gasteiger partial charge in [-0.1, -0.05) is 6.92 Å². The van der Waals surface area contributed by atoms with E-state index in [9.17, 15) is 4.79 Å². The highest BCUT2D eigenvalue weighted by Crippen LogP contribution is 2.36. The van der Waals surface area contributed by atoms with Crippen molar-refractivity contribution in [3.63, 3.8) is 0 Å². The lowest BCUT2D eigenvalue weighted by molar-refractivity contribution is -0.118. The Morgan fingerprint density at radius 3 is 2.45 bits per heavy atom. The van der Waals surface area contributed by atoms with E-state index >= 15 is 0 Å². The molecule has 0 radical (unpaired) electrons. The van der Waals surface area contributed by atoms with E-state index in [0.717, 1.165) is 6.42 Å². The Hall–Kier alpha value is -0.280. The van der Waals surface area contributed by atoms with Gasteiger partial charge in [0.2, 0.25) is 5.91 Å². The van der Waals surface area contributed by atoms with E-state index in [-0.39, 0.29) is 18.3 Å². The molecule has 0 aromatic carbocycles.